The Labute approximate surface area is 142 Å². The maximum absolute atomic E-state index is 12.4. The van der Waals surface area contributed by atoms with Crippen molar-refractivity contribution >= 4 is 17.7 Å². The molecule has 1 aliphatic heterocycles. The molecule has 1 N–H and O–H groups in total. The van der Waals surface area contributed by atoms with E-state index in [9.17, 15) is 4.79 Å². The largest absolute Gasteiger partial charge is 0.349 e. The van der Waals surface area contributed by atoms with E-state index >= 15 is 0 Å². The fraction of sp³-hybridized carbons (Fsp3) is 0.611. The van der Waals surface area contributed by atoms with Crippen LogP contribution in [-0.2, 0) is 9.47 Å². The molecular weight excluding hydrogens is 310 g/mol. The van der Waals surface area contributed by atoms with Crippen molar-refractivity contribution in [3.05, 3.63) is 29.8 Å². The summed E-state index contributed by atoms with van der Waals surface area (Å²) < 4.78 is 12.0. The Morgan fingerprint density at radius 3 is 2.87 bits per heavy atom. The minimum Gasteiger partial charge on any atom is -0.349 e. The number of carbonyl (C=O) groups is 1. The second-order valence-electron chi connectivity index (χ2n) is 6.16. The number of carbonyl (C=O) groups excluding carboxylic acids is 1. The van der Waals surface area contributed by atoms with Gasteiger partial charge in [0.05, 0.1) is 12.2 Å². The summed E-state index contributed by atoms with van der Waals surface area (Å²) in [7, 11) is 0. The summed E-state index contributed by atoms with van der Waals surface area (Å²) in [6, 6.07) is 7.74. The van der Waals surface area contributed by atoms with Gasteiger partial charge in [-0.3, -0.25) is 4.79 Å². The molecule has 1 saturated heterocycles. The number of rotatable bonds is 5. The second-order valence-corrected chi connectivity index (χ2v) is 7.47. The Bertz CT molecular complexity index is 543. The minimum absolute atomic E-state index is 0.0326. The van der Waals surface area contributed by atoms with Gasteiger partial charge in [0.25, 0.3) is 5.91 Å². The number of nitrogens with one attached hydrogen (secondary N) is 1. The summed E-state index contributed by atoms with van der Waals surface area (Å²) in [5.41, 5.74) is 0.741. The van der Waals surface area contributed by atoms with Crippen LogP contribution in [0.15, 0.2) is 29.2 Å². The molecule has 1 atom stereocenters. The Balaban J connectivity index is 1.54. The zero-order valence-electron chi connectivity index (χ0n) is 13.7. The molecule has 1 unspecified atom stereocenters. The van der Waals surface area contributed by atoms with Crippen LogP contribution in [0.1, 0.15) is 49.4 Å². The van der Waals surface area contributed by atoms with E-state index in [0.717, 1.165) is 29.1 Å². The molecule has 3 rings (SSSR count). The van der Waals surface area contributed by atoms with Crippen molar-refractivity contribution in [3.8, 4) is 0 Å². The van der Waals surface area contributed by atoms with E-state index in [1.54, 1.807) is 11.8 Å². The highest BCUT2D eigenvalue weighted by Crippen LogP contribution is 2.37. The highest BCUT2D eigenvalue weighted by atomic mass is 32.2. The van der Waals surface area contributed by atoms with Gasteiger partial charge >= 0.3 is 0 Å². The van der Waals surface area contributed by atoms with Gasteiger partial charge in [0.2, 0.25) is 0 Å². The first-order chi connectivity index (χ1) is 11.2. The van der Waals surface area contributed by atoms with Crippen molar-refractivity contribution in [1.82, 2.24) is 5.32 Å². The molecule has 1 amide bonds. The van der Waals surface area contributed by atoms with E-state index in [1.165, 1.54) is 19.3 Å². The van der Waals surface area contributed by atoms with Crippen LogP contribution in [0.5, 0.6) is 0 Å². The summed E-state index contributed by atoms with van der Waals surface area (Å²) in [6.07, 6.45) is 5.52. The maximum Gasteiger partial charge on any atom is 0.252 e. The molecule has 0 aromatic heterocycles. The van der Waals surface area contributed by atoms with E-state index in [0.29, 0.717) is 13.2 Å². The Hall–Kier alpha value is -1.04. The average molecular weight is 335 g/mol. The second kappa shape index (κ2) is 7.69. The van der Waals surface area contributed by atoms with Crippen molar-refractivity contribution in [2.75, 3.05) is 18.9 Å². The molecule has 1 saturated carbocycles. The minimum atomic E-state index is -0.371. The van der Waals surface area contributed by atoms with E-state index in [4.69, 9.17) is 9.47 Å². The van der Waals surface area contributed by atoms with Crippen LogP contribution in [0.25, 0.3) is 0 Å². The first kappa shape index (κ1) is 16.8. The number of thioether (sulfide) groups is 1. The van der Waals surface area contributed by atoms with Gasteiger partial charge in [0.15, 0.2) is 5.79 Å². The lowest BCUT2D eigenvalue weighted by atomic mass is 9.94. The lowest BCUT2D eigenvalue weighted by molar-refractivity contribution is -0.186. The van der Waals surface area contributed by atoms with Crippen LogP contribution >= 0.6 is 11.8 Å². The summed E-state index contributed by atoms with van der Waals surface area (Å²) in [4.78, 5) is 13.5. The van der Waals surface area contributed by atoms with Crippen molar-refractivity contribution < 1.29 is 14.3 Å². The zero-order valence-corrected chi connectivity index (χ0v) is 14.5. The first-order valence-electron chi connectivity index (χ1n) is 8.54. The lowest BCUT2D eigenvalue weighted by Gasteiger charge is -2.31. The van der Waals surface area contributed by atoms with Crippen LogP contribution in [0, 0.1) is 0 Å². The molecule has 1 aromatic carbocycles. The fourth-order valence-electron chi connectivity index (χ4n) is 3.31. The lowest BCUT2D eigenvalue weighted by Crippen LogP contribution is -2.37. The normalized spacial score (nSPS) is 23.1. The first-order valence-corrected chi connectivity index (χ1v) is 9.53. The summed E-state index contributed by atoms with van der Waals surface area (Å²) in [6.45, 7) is 3.17. The number of hydrogen-bond donors (Lipinski definition) is 1. The Kier molecular flexibility index (Phi) is 5.62. The Morgan fingerprint density at radius 2 is 2.09 bits per heavy atom. The van der Waals surface area contributed by atoms with Crippen LogP contribution < -0.4 is 5.32 Å². The molecule has 23 heavy (non-hydrogen) atoms. The molecule has 0 radical (unpaired) electrons. The number of benzene rings is 1. The van der Waals surface area contributed by atoms with E-state index in [1.807, 2.05) is 24.3 Å². The van der Waals surface area contributed by atoms with Crippen molar-refractivity contribution in [3.63, 3.8) is 0 Å². The Morgan fingerprint density at radius 1 is 1.30 bits per heavy atom. The van der Waals surface area contributed by atoms with Gasteiger partial charge in [0, 0.05) is 24.3 Å². The number of amides is 1. The SMILES string of the molecule is CCSc1ccccc1C(=O)NCC1COC2(CCCCC2)O1. The molecule has 126 valence electrons. The van der Waals surface area contributed by atoms with Crippen molar-refractivity contribution in [2.24, 2.45) is 0 Å². The smallest absolute Gasteiger partial charge is 0.252 e. The van der Waals surface area contributed by atoms with Gasteiger partial charge in [-0.05, 0) is 30.7 Å². The molecule has 1 heterocycles. The summed E-state index contributed by atoms with van der Waals surface area (Å²) in [5, 5.41) is 3.00. The molecule has 2 aliphatic rings. The van der Waals surface area contributed by atoms with E-state index in [2.05, 4.69) is 12.2 Å². The third-order valence-electron chi connectivity index (χ3n) is 4.45. The van der Waals surface area contributed by atoms with E-state index in [-0.39, 0.29) is 17.8 Å². The topological polar surface area (TPSA) is 47.6 Å². The molecule has 5 heteroatoms. The third-order valence-corrected chi connectivity index (χ3v) is 5.41. The van der Waals surface area contributed by atoms with Crippen LogP contribution in [0.4, 0.5) is 0 Å². The highest BCUT2D eigenvalue weighted by molar-refractivity contribution is 7.99. The van der Waals surface area contributed by atoms with Gasteiger partial charge in [-0.15, -0.1) is 11.8 Å². The average Bonchev–Trinajstić information content (AvgIpc) is 2.97. The molecule has 0 bridgehead atoms. The van der Waals surface area contributed by atoms with Gasteiger partial charge in [-0.1, -0.05) is 25.5 Å². The molecule has 1 aliphatic carbocycles. The summed E-state index contributed by atoms with van der Waals surface area (Å²) in [5.74, 6) is 0.547. The molecule has 1 aromatic rings. The molecule has 1 spiro atoms. The van der Waals surface area contributed by atoms with Crippen molar-refractivity contribution in [1.29, 1.82) is 0 Å². The van der Waals surface area contributed by atoms with Crippen LogP contribution in [0.2, 0.25) is 0 Å². The van der Waals surface area contributed by atoms with Crippen molar-refractivity contribution in [2.45, 2.75) is 55.8 Å². The maximum atomic E-state index is 12.4. The molecule has 4 nitrogen and oxygen atoms in total. The van der Waals surface area contributed by atoms with Gasteiger partial charge < -0.3 is 14.8 Å². The number of ether oxygens (including phenoxy) is 2. The zero-order chi connectivity index (χ0) is 16.1. The number of hydrogen-bond acceptors (Lipinski definition) is 4. The predicted molar refractivity (Wildman–Crippen MR) is 91.8 cm³/mol. The van der Waals surface area contributed by atoms with Crippen LogP contribution in [-0.4, -0.2) is 36.7 Å². The quantitative estimate of drug-likeness (QED) is 0.835. The fourth-order valence-corrected chi connectivity index (χ4v) is 4.11. The predicted octanol–water partition coefficient (Wildman–Crippen LogP) is 3.60. The monoisotopic (exact) mass is 335 g/mol. The molecule has 2 fully saturated rings. The van der Waals surface area contributed by atoms with Crippen LogP contribution in [0.3, 0.4) is 0 Å². The highest BCUT2D eigenvalue weighted by Gasteiger charge is 2.42. The van der Waals surface area contributed by atoms with Gasteiger partial charge in [0.1, 0.15) is 6.10 Å². The third kappa shape index (κ3) is 4.08. The van der Waals surface area contributed by atoms with Gasteiger partial charge in [-0.2, -0.15) is 0 Å². The standard InChI is InChI=1S/C18H25NO3S/c1-2-23-16-9-5-4-8-15(16)17(20)19-12-14-13-21-18(22-14)10-6-3-7-11-18/h4-5,8-9,14H,2-3,6-7,10-13H2,1H3,(H,19,20). The van der Waals surface area contributed by atoms with E-state index < -0.39 is 0 Å². The van der Waals surface area contributed by atoms with Gasteiger partial charge in [-0.25, -0.2) is 0 Å². The summed E-state index contributed by atoms with van der Waals surface area (Å²) >= 11 is 1.69. The molecular formula is C18H25NO3S.